The van der Waals surface area contributed by atoms with Crippen LogP contribution in [-0.4, -0.2) is 15.3 Å². The molecule has 2 aromatic carbocycles. The molecule has 1 aliphatic heterocycles. The van der Waals surface area contributed by atoms with Crippen LogP contribution in [0.2, 0.25) is 0 Å². The van der Waals surface area contributed by atoms with Crippen LogP contribution >= 0.6 is 0 Å². The molecular formula is C17H16N2O3. The first-order chi connectivity index (χ1) is 10.8. The van der Waals surface area contributed by atoms with Gasteiger partial charge in [0, 0.05) is 5.56 Å². The molecule has 1 aliphatic rings. The molecule has 0 aliphatic carbocycles. The molecule has 0 atom stereocenters. The van der Waals surface area contributed by atoms with Crippen molar-refractivity contribution in [3.8, 4) is 22.8 Å². The number of aromatic amines is 1. The number of nitrogens with one attached hydrogen (secondary N) is 1. The second kappa shape index (κ2) is 5.61. The van der Waals surface area contributed by atoms with E-state index < -0.39 is 0 Å². The smallest absolute Gasteiger partial charge is 0.272 e. The molecule has 3 aromatic rings. The van der Waals surface area contributed by atoms with E-state index in [9.17, 15) is 9.90 Å². The second-order valence-corrected chi connectivity index (χ2v) is 4.67. The van der Waals surface area contributed by atoms with Gasteiger partial charge < -0.3 is 9.84 Å². The molecule has 0 amide bonds. The first-order valence-electron chi connectivity index (χ1n) is 7.21. The highest BCUT2D eigenvalue weighted by Gasteiger charge is 2.22. The molecular weight excluding hydrogens is 280 g/mol. The summed E-state index contributed by atoms with van der Waals surface area (Å²) in [6, 6.07) is 10.8. The molecule has 0 radical (unpaired) electrons. The summed E-state index contributed by atoms with van der Waals surface area (Å²) in [6.07, 6.45) is 0. The van der Waals surface area contributed by atoms with Crippen LogP contribution in [0.3, 0.4) is 0 Å². The minimum atomic E-state index is -0.240. The Morgan fingerprint density at radius 2 is 2.00 bits per heavy atom. The summed E-state index contributed by atoms with van der Waals surface area (Å²) in [7, 11) is 0. The maximum Gasteiger partial charge on any atom is 0.272 e. The van der Waals surface area contributed by atoms with E-state index in [-0.39, 0.29) is 12.2 Å². The molecule has 0 saturated carbocycles. The van der Waals surface area contributed by atoms with E-state index in [0.29, 0.717) is 28.0 Å². The number of benzene rings is 2. The largest absolute Gasteiger partial charge is 0.456 e. The Kier molecular flexibility index (Phi) is 3.65. The number of rotatable bonds is 1. The molecule has 2 N–H and O–H groups in total. The third-order valence-corrected chi connectivity index (χ3v) is 3.48. The number of fused-ring (bicyclic) bond motifs is 2. The van der Waals surface area contributed by atoms with Crippen LogP contribution in [-0.2, 0) is 6.61 Å². The molecule has 0 fully saturated rings. The third-order valence-electron chi connectivity index (χ3n) is 3.48. The Balaban J connectivity index is 0.000000693. The van der Waals surface area contributed by atoms with Gasteiger partial charge in [0.1, 0.15) is 17.2 Å². The molecule has 0 unspecified atom stereocenters. The average Bonchev–Trinajstić information content (AvgIpc) is 2.59. The lowest BCUT2D eigenvalue weighted by molar-refractivity contribution is 0.282. The van der Waals surface area contributed by atoms with Crippen LogP contribution < -0.4 is 10.3 Å². The van der Waals surface area contributed by atoms with Crippen LogP contribution in [0.25, 0.3) is 22.0 Å². The van der Waals surface area contributed by atoms with Crippen LogP contribution in [0, 0.1) is 0 Å². The van der Waals surface area contributed by atoms with Crippen molar-refractivity contribution >= 4 is 10.8 Å². The number of hydrogen-bond donors (Lipinski definition) is 2. The summed E-state index contributed by atoms with van der Waals surface area (Å²) in [6.45, 7) is 3.95. The summed E-state index contributed by atoms with van der Waals surface area (Å²) in [5.74, 6) is 1.29. The van der Waals surface area contributed by atoms with Gasteiger partial charge in [-0.25, -0.2) is 5.10 Å². The van der Waals surface area contributed by atoms with Crippen molar-refractivity contribution in [2.75, 3.05) is 0 Å². The highest BCUT2D eigenvalue weighted by molar-refractivity contribution is 6.01. The molecule has 1 aromatic heterocycles. The fourth-order valence-electron chi connectivity index (χ4n) is 2.54. The summed E-state index contributed by atoms with van der Waals surface area (Å²) < 4.78 is 5.83. The summed E-state index contributed by atoms with van der Waals surface area (Å²) in [5.41, 5.74) is 1.98. The maximum atomic E-state index is 11.8. The van der Waals surface area contributed by atoms with Gasteiger partial charge in [-0.2, -0.15) is 5.10 Å². The lowest BCUT2D eigenvalue weighted by atomic mass is 9.99. The van der Waals surface area contributed by atoms with Crippen molar-refractivity contribution in [1.29, 1.82) is 0 Å². The molecule has 5 heteroatoms. The number of aliphatic hydroxyl groups is 1. The van der Waals surface area contributed by atoms with Gasteiger partial charge in [0.25, 0.3) is 5.56 Å². The van der Waals surface area contributed by atoms with Gasteiger partial charge in [0.05, 0.1) is 17.4 Å². The van der Waals surface area contributed by atoms with Gasteiger partial charge in [-0.3, -0.25) is 4.79 Å². The van der Waals surface area contributed by atoms with Gasteiger partial charge in [0.2, 0.25) is 0 Å². The van der Waals surface area contributed by atoms with E-state index in [0.717, 1.165) is 11.1 Å². The van der Waals surface area contributed by atoms with E-state index in [1.165, 1.54) is 0 Å². The number of aliphatic hydroxyl groups excluding tert-OH is 1. The lowest BCUT2D eigenvalue weighted by Gasteiger charge is -2.20. The fourth-order valence-corrected chi connectivity index (χ4v) is 2.54. The van der Waals surface area contributed by atoms with Crippen molar-refractivity contribution in [3.63, 3.8) is 0 Å². The van der Waals surface area contributed by atoms with Crippen LogP contribution in [0.15, 0.2) is 41.2 Å². The first-order valence-corrected chi connectivity index (χ1v) is 7.21. The summed E-state index contributed by atoms with van der Waals surface area (Å²) >= 11 is 0. The van der Waals surface area contributed by atoms with Crippen molar-refractivity contribution in [3.05, 3.63) is 52.3 Å². The van der Waals surface area contributed by atoms with Crippen LogP contribution in [0.5, 0.6) is 11.5 Å². The highest BCUT2D eigenvalue weighted by Crippen LogP contribution is 2.44. The molecule has 0 spiro atoms. The Bertz CT molecular complexity index is 900. The Morgan fingerprint density at radius 1 is 1.18 bits per heavy atom. The van der Waals surface area contributed by atoms with Gasteiger partial charge in [-0.1, -0.05) is 26.0 Å². The van der Waals surface area contributed by atoms with Gasteiger partial charge in [-0.05, 0) is 29.8 Å². The van der Waals surface area contributed by atoms with Crippen molar-refractivity contribution in [2.45, 2.75) is 20.5 Å². The van der Waals surface area contributed by atoms with E-state index in [2.05, 4.69) is 10.2 Å². The molecule has 5 nitrogen and oxygen atoms in total. The zero-order chi connectivity index (χ0) is 15.7. The van der Waals surface area contributed by atoms with Gasteiger partial charge in [0.15, 0.2) is 0 Å². The Labute approximate surface area is 127 Å². The Morgan fingerprint density at radius 3 is 2.77 bits per heavy atom. The van der Waals surface area contributed by atoms with E-state index in [4.69, 9.17) is 4.74 Å². The number of ether oxygens (including phenoxy) is 1. The molecule has 2 heterocycles. The highest BCUT2D eigenvalue weighted by atomic mass is 16.5. The quantitative estimate of drug-likeness (QED) is 0.565. The third kappa shape index (κ3) is 2.07. The zero-order valence-corrected chi connectivity index (χ0v) is 12.4. The Hall–Kier alpha value is -2.66. The molecule has 4 rings (SSSR count). The summed E-state index contributed by atoms with van der Waals surface area (Å²) in [5, 5.41) is 17.2. The monoisotopic (exact) mass is 296 g/mol. The van der Waals surface area contributed by atoms with E-state index >= 15 is 0 Å². The topological polar surface area (TPSA) is 75.2 Å². The molecule has 0 bridgehead atoms. The van der Waals surface area contributed by atoms with E-state index in [1.54, 1.807) is 24.3 Å². The average molecular weight is 296 g/mol. The molecule has 112 valence electrons. The first kappa shape index (κ1) is 14.3. The van der Waals surface area contributed by atoms with Crippen molar-refractivity contribution in [2.24, 2.45) is 0 Å². The SMILES string of the molecule is CC.O=c1[nH]nc2c3c(cccc13)Oc1ccc(CO)cc1-2. The number of aromatic nitrogens is 2. The fraction of sp³-hybridized carbons (Fsp3) is 0.176. The van der Waals surface area contributed by atoms with Crippen molar-refractivity contribution < 1.29 is 9.84 Å². The maximum absolute atomic E-state index is 11.8. The number of nitrogens with zero attached hydrogens (tertiary/aromatic N) is 1. The van der Waals surface area contributed by atoms with Gasteiger partial charge in [-0.15, -0.1) is 0 Å². The second-order valence-electron chi connectivity index (χ2n) is 4.67. The number of hydrogen-bond acceptors (Lipinski definition) is 4. The normalized spacial score (nSPS) is 11.2. The summed E-state index contributed by atoms with van der Waals surface area (Å²) in [4.78, 5) is 11.8. The molecule has 0 saturated heterocycles. The minimum Gasteiger partial charge on any atom is -0.456 e. The lowest BCUT2D eigenvalue weighted by Crippen LogP contribution is -2.12. The predicted octanol–water partition coefficient (Wildman–Crippen LogP) is 3.21. The standard InChI is InChI=1S/C15H10N2O3.C2H6/c18-7-8-4-5-11-10(6-8)14-13-9(15(19)17-16-14)2-1-3-12(13)20-11;1-2/h1-6,18H,7H2,(H,17,19);1-2H3. The van der Waals surface area contributed by atoms with Crippen LogP contribution in [0.4, 0.5) is 0 Å². The number of H-pyrrole nitrogens is 1. The molecule has 22 heavy (non-hydrogen) atoms. The van der Waals surface area contributed by atoms with Crippen molar-refractivity contribution in [1.82, 2.24) is 10.2 Å². The van der Waals surface area contributed by atoms with Crippen LogP contribution in [0.1, 0.15) is 19.4 Å². The van der Waals surface area contributed by atoms with Gasteiger partial charge >= 0.3 is 0 Å². The minimum absolute atomic E-state index is 0.0541. The zero-order valence-electron chi connectivity index (χ0n) is 12.4. The predicted molar refractivity (Wildman–Crippen MR) is 85.1 cm³/mol. The van der Waals surface area contributed by atoms with E-state index in [1.807, 2.05) is 26.0 Å².